The lowest BCUT2D eigenvalue weighted by Gasteiger charge is -2.36. The van der Waals surface area contributed by atoms with E-state index in [9.17, 15) is 14.4 Å². The largest absolute Gasteiger partial charge is 0.459 e. The molecule has 0 spiro atoms. The van der Waals surface area contributed by atoms with E-state index in [0.717, 1.165) is 0 Å². The molecule has 2 fully saturated rings. The van der Waals surface area contributed by atoms with Crippen molar-refractivity contribution in [2.45, 2.75) is 50.2 Å². The molecule has 7 heteroatoms. The SMILES string of the molecule is CC(=O)O[C@@H]1[C@H](OC(=O)c2ccccc2)[C@@H]2C[C@H](OC(=O)c3ccccc3)C[C@@H]1N2C. The predicted molar refractivity (Wildman–Crippen MR) is 111 cm³/mol. The van der Waals surface area contributed by atoms with Crippen LogP contribution in [0.15, 0.2) is 60.7 Å². The first-order chi connectivity index (χ1) is 14.9. The van der Waals surface area contributed by atoms with Gasteiger partial charge in [0.2, 0.25) is 0 Å². The Labute approximate surface area is 180 Å². The Balaban J connectivity index is 1.52. The molecule has 0 N–H and O–H groups in total. The number of carbonyl (C=O) groups is 3. The van der Waals surface area contributed by atoms with E-state index < -0.39 is 30.1 Å². The van der Waals surface area contributed by atoms with E-state index in [-0.39, 0.29) is 18.2 Å². The van der Waals surface area contributed by atoms with Gasteiger partial charge in [-0.15, -0.1) is 0 Å². The number of ether oxygens (including phenoxy) is 3. The number of nitrogens with zero attached hydrogens (tertiary/aromatic N) is 1. The molecule has 2 saturated heterocycles. The average molecular weight is 423 g/mol. The van der Waals surface area contributed by atoms with Gasteiger partial charge in [0.15, 0.2) is 12.2 Å². The van der Waals surface area contributed by atoms with Gasteiger partial charge in [-0.25, -0.2) is 9.59 Å². The summed E-state index contributed by atoms with van der Waals surface area (Å²) in [6, 6.07) is 17.1. The van der Waals surface area contributed by atoms with Crippen molar-refractivity contribution in [3.8, 4) is 0 Å². The molecule has 2 aromatic carbocycles. The lowest BCUT2D eigenvalue weighted by Crippen LogP contribution is -2.46. The number of hydrogen-bond acceptors (Lipinski definition) is 7. The number of carbonyl (C=O) groups excluding carboxylic acids is 3. The van der Waals surface area contributed by atoms with Crippen LogP contribution in [0.4, 0.5) is 0 Å². The second-order valence-electron chi connectivity index (χ2n) is 7.97. The third-order valence-corrected chi connectivity index (χ3v) is 5.98. The summed E-state index contributed by atoms with van der Waals surface area (Å²) < 4.78 is 17.2. The molecule has 2 aromatic rings. The van der Waals surface area contributed by atoms with E-state index in [1.807, 2.05) is 19.2 Å². The maximum Gasteiger partial charge on any atom is 0.338 e. The molecule has 31 heavy (non-hydrogen) atoms. The summed E-state index contributed by atoms with van der Waals surface area (Å²) in [5.74, 6) is -1.30. The van der Waals surface area contributed by atoms with Crippen LogP contribution in [0.5, 0.6) is 0 Å². The second kappa shape index (κ2) is 8.89. The van der Waals surface area contributed by atoms with E-state index in [1.54, 1.807) is 48.5 Å². The van der Waals surface area contributed by atoms with Gasteiger partial charge in [-0.3, -0.25) is 9.69 Å². The number of benzene rings is 2. The molecule has 0 aliphatic carbocycles. The highest BCUT2D eigenvalue weighted by Crippen LogP contribution is 2.40. The number of likely N-dealkylation sites (N-methyl/N-ethyl adjacent to an activating group) is 1. The summed E-state index contributed by atoms with van der Waals surface area (Å²) in [5.41, 5.74) is 0.914. The van der Waals surface area contributed by atoms with Crippen LogP contribution in [0.2, 0.25) is 0 Å². The van der Waals surface area contributed by atoms with Crippen molar-refractivity contribution in [3.05, 3.63) is 71.8 Å². The normalized spacial score (nSPS) is 27.4. The van der Waals surface area contributed by atoms with Crippen LogP contribution in [0.1, 0.15) is 40.5 Å². The minimum Gasteiger partial charge on any atom is -0.459 e. The summed E-state index contributed by atoms with van der Waals surface area (Å²) in [4.78, 5) is 39.1. The zero-order valence-corrected chi connectivity index (χ0v) is 17.5. The summed E-state index contributed by atoms with van der Waals surface area (Å²) in [6.07, 6.45) is -0.663. The van der Waals surface area contributed by atoms with Gasteiger partial charge in [0, 0.05) is 19.8 Å². The smallest absolute Gasteiger partial charge is 0.338 e. The van der Waals surface area contributed by atoms with Crippen molar-refractivity contribution in [2.24, 2.45) is 0 Å². The van der Waals surface area contributed by atoms with Crippen molar-refractivity contribution >= 4 is 17.9 Å². The van der Waals surface area contributed by atoms with Gasteiger partial charge in [-0.05, 0) is 31.3 Å². The fourth-order valence-corrected chi connectivity index (χ4v) is 4.52. The quantitative estimate of drug-likeness (QED) is 0.540. The highest BCUT2D eigenvalue weighted by molar-refractivity contribution is 5.90. The molecule has 162 valence electrons. The topological polar surface area (TPSA) is 82.1 Å². The van der Waals surface area contributed by atoms with Crippen LogP contribution in [0.3, 0.4) is 0 Å². The van der Waals surface area contributed by atoms with Crippen LogP contribution in [0.25, 0.3) is 0 Å². The van der Waals surface area contributed by atoms with Gasteiger partial charge in [0.1, 0.15) is 6.10 Å². The first-order valence-corrected chi connectivity index (χ1v) is 10.3. The average Bonchev–Trinajstić information content (AvgIpc) is 2.90. The summed E-state index contributed by atoms with van der Waals surface area (Å²) in [6.45, 7) is 1.34. The van der Waals surface area contributed by atoms with E-state index in [4.69, 9.17) is 14.2 Å². The van der Waals surface area contributed by atoms with E-state index in [1.165, 1.54) is 6.92 Å². The molecule has 0 saturated carbocycles. The molecule has 2 aliphatic rings. The van der Waals surface area contributed by atoms with Gasteiger partial charge >= 0.3 is 17.9 Å². The van der Waals surface area contributed by atoms with Crippen LogP contribution >= 0.6 is 0 Å². The zero-order chi connectivity index (χ0) is 22.0. The zero-order valence-electron chi connectivity index (χ0n) is 17.5. The lowest BCUT2D eigenvalue weighted by molar-refractivity contribution is -0.152. The molecule has 5 atom stereocenters. The Morgan fingerprint density at radius 1 is 0.742 bits per heavy atom. The molecular weight excluding hydrogens is 398 g/mol. The highest BCUT2D eigenvalue weighted by atomic mass is 16.6. The lowest BCUT2D eigenvalue weighted by atomic mass is 10.00. The Bertz CT molecular complexity index is 947. The molecule has 0 unspecified atom stereocenters. The molecule has 0 aromatic heterocycles. The second-order valence-corrected chi connectivity index (χ2v) is 7.97. The van der Waals surface area contributed by atoms with Crippen molar-refractivity contribution in [1.82, 2.24) is 4.90 Å². The number of hydrogen-bond donors (Lipinski definition) is 0. The monoisotopic (exact) mass is 423 g/mol. The fourth-order valence-electron chi connectivity index (χ4n) is 4.52. The summed E-state index contributed by atoms with van der Waals surface area (Å²) in [5, 5.41) is 0. The number of esters is 3. The molecule has 2 bridgehead atoms. The minimum absolute atomic E-state index is 0.218. The Kier molecular flexibility index (Phi) is 6.04. The van der Waals surface area contributed by atoms with Crippen molar-refractivity contribution < 1.29 is 28.6 Å². The van der Waals surface area contributed by atoms with Crippen molar-refractivity contribution in [2.75, 3.05) is 7.05 Å². The molecule has 7 nitrogen and oxygen atoms in total. The standard InChI is InChI=1S/C24H25NO6/c1-15(26)29-21-19-13-18(30-23(27)16-9-5-3-6-10-16)14-20(25(19)2)22(21)31-24(28)17-11-7-4-8-12-17/h3-12,18-22H,13-14H2,1-2H3/t18-,19+,20+,21+,22-/m1/s1. The molecule has 4 rings (SSSR count). The van der Waals surface area contributed by atoms with Crippen molar-refractivity contribution in [3.63, 3.8) is 0 Å². The number of rotatable bonds is 5. The van der Waals surface area contributed by atoms with Crippen LogP contribution in [-0.2, 0) is 19.0 Å². The molecular formula is C24H25NO6. The maximum absolute atomic E-state index is 12.7. The Morgan fingerprint density at radius 3 is 1.68 bits per heavy atom. The Morgan fingerprint density at radius 2 is 1.19 bits per heavy atom. The summed E-state index contributed by atoms with van der Waals surface area (Å²) >= 11 is 0. The number of piperidine rings is 1. The van der Waals surface area contributed by atoms with Crippen LogP contribution in [-0.4, -0.2) is 60.3 Å². The third kappa shape index (κ3) is 4.46. The number of fused-ring (bicyclic) bond motifs is 2. The van der Waals surface area contributed by atoms with Gasteiger partial charge in [0.25, 0.3) is 0 Å². The highest BCUT2D eigenvalue weighted by Gasteiger charge is 2.56. The molecule has 0 radical (unpaired) electrons. The van der Waals surface area contributed by atoms with Gasteiger partial charge in [-0.1, -0.05) is 36.4 Å². The summed E-state index contributed by atoms with van der Waals surface area (Å²) in [7, 11) is 1.91. The first kappa shape index (κ1) is 21.1. The fraction of sp³-hybridized carbons (Fsp3) is 0.375. The van der Waals surface area contributed by atoms with Crippen molar-refractivity contribution in [1.29, 1.82) is 0 Å². The van der Waals surface area contributed by atoms with E-state index in [0.29, 0.717) is 24.0 Å². The first-order valence-electron chi connectivity index (χ1n) is 10.3. The molecule has 2 heterocycles. The van der Waals surface area contributed by atoms with E-state index in [2.05, 4.69) is 4.90 Å². The molecule has 0 amide bonds. The third-order valence-electron chi connectivity index (χ3n) is 5.98. The Hall–Kier alpha value is -3.19. The predicted octanol–water partition coefficient (Wildman–Crippen LogP) is 2.85. The van der Waals surface area contributed by atoms with Crippen LogP contribution < -0.4 is 0 Å². The maximum atomic E-state index is 12.7. The van der Waals surface area contributed by atoms with Gasteiger partial charge < -0.3 is 14.2 Å². The van der Waals surface area contributed by atoms with E-state index >= 15 is 0 Å². The molecule has 2 aliphatic heterocycles. The van der Waals surface area contributed by atoms with Crippen LogP contribution in [0, 0.1) is 0 Å². The van der Waals surface area contributed by atoms with Gasteiger partial charge in [-0.2, -0.15) is 0 Å². The minimum atomic E-state index is -0.646. The van der Waals surface area contributed by atoms with Gasteiger partial charge in [0.05, 0.1) is 23.2 Å².